The number of hydrogen-bond acceptors (Lipinski definition) is 5. The zero-order chi connectivity index (χ0) is 29.3. The van der Waals surface area contributed by atoms with Crippen LogP contribution in [0.2, 0.25) is 0 Å². The lowest BCUT2D eigenvalue weighted by atomic mass is 10.1. The van der Waals surface area contributed by atoms with Crippen molar-refractivity contribution in [3.63, 3.8) is 0 Å². The smallest absolute Gasteiger partial charge is 0.207 e. The number of aromatic nitrogens is 1. The van der Waals surface area contributed by atoms with Crippen LogP contribution in [0.4, 0.5) is 11.4 Å². The molecule has 0 aliphatic rings. The van der Waals surface area contributed by atoms with Gasteiger partial charge in [-0.15, -0.1) is 0 Å². The number of anilines is 2. The van der Waals surface area contributed by atoms with E-state index in [1.807, 2.05) is 28.6 Å². The average Bonchev–Trinajstić information content (AvgIpc) is 2.98. The molecule has 1 aromatic heterocycles. The molecule has 3 aromatic rings. The lowest BCUT2D eigenvalue weighted by molar-refractivity contribution is -0.673. The van der Waals surface area contributed by atoms with Crippen molar-refractivity contribution >= 4 is 50.7 Å². The van der Waals surface area contributed by atoms with Crippen LogP contribution in [-0.4, -0.2) is 37.7 Å². The zero-order valence-electron chi connectivity index (χ0n) is 25.1. The third-order valence-corrected chi connectivity index (χ3v) is 8.90. The number of rotatable bonds is 16. The van der Waals surface area contributed by atoms with Gasteiger partial charge in [-0.3, -0.25) is 0 Å². The van der Waals surface area contributed by atoms with Crippen LogP contribution >= 0.6 is 21.6 Å². The number of hydrogen-bond donors (Lipinski definition) is 3. The van der Waals surface area contributed by atoms with Crippen molar-refractivity contribution in [3.05, 3.63) is 120 Å². The van der Waals surface area contributed by atoms with E-state index in [2.05, 4.69) is 158 Å². The normalized spacial score (nSPS) is 13.2. The third kappa shape index (κ3) is 12.5. The lowest BCUT2D eigenvalue weighted by Gasteiger charge is -2.08. The lowest BCUT2D eigenvalue weighted by Crippen LogP contribution is -2.31. The summed E-state index contributed by atoms with van der Waals surface area (Å²) in [5.74, 6) is 2.13. The van der Waals surface area contributed by atoms with Gasteiger partial charge in [-0.2, -0.15) is 0 Å². The predicted molar refractivity (Wildman–Crippen MR) is 186 cm³/mol. The average molecular weight is 586 g/mol. The number of likely N-dealkylation sites (N-methyl/N-ethyl adjacent to an activating group) is 1. The minimum Gasteiger partial charge on any atom is -0.384 e. The molecule has 0 amide bonds. The van der Waals surface area contributed by atoms with E-state index in [1.165, 1.54) is 28.0 Å². The molecule has 41 heavy (non-hydrogen) atoms. The third-order valence-electron chi connectivity index (χ3n) is 6.50. The molecular weight excluding hydrogens is 541 g/mol. The first kappa shape index (κ1) is 32.3. The Morgan fingerprint density at radius 2 is 1.39 bits per heavy atom. The predicted octanol–water partition coefficient (Wildman–Crippen LogP) is 8.10. The number of nitrogens with one attached hydrogen (secondary N) is 3. The molecule has 0 spiro atoms. The van der Waals surface area contributed by atoms with E-state index >= 15 is 0 Å². The fourth-order valence-electron chi connectivity index (χ4n) is 4.09. The van der Waals surface area contributed by atoms with Crippen molar-refractivity contribution in [2.24, 2.45) is 7.05 Å². The van der Waals surface area contributed by atoms with Crippen LogP contribution in [0.1, 0.15) is 37.6 Å². The van der Waals surface area contributed by atoms with Gasteiger partial charge in [0.2, 0.25) is 5.69 Å². The van der Waals surface area contributed by atoms with Crippen LogP contribution in [0.5, 0.6) is 0 Å². The molecule has 0 radical (unpaired) electrons. The van der Waals surface area contributed by atoms with Crippen LogP contribution in [-0.2, 0) is 7.05 Å². The van der Waals surface area contributed by atoms with Gasteiger partial charge in [0.25, 0.3) is 0 Å². The van der Waals surface area contributed by atoms with Gasteiger partial charge in [0.15, 0.2) is 6.20 Å². The monoisotopic (exact) mass is 585 g/mol. The van der Waals surface area contributed by atoms with E-state index in [9.17, 15) is 0 Å². The van der Waals surface area contributed by atoms with E-state index in [1.54, 1.807) is 0 Å². The Bertz CT molecular complexity index is 1310. The van der Waals surface area contributed by atoms with Gasteiger partial charge in [0, 0.05) is 59.7 Å². The Hall–Kier alpha value is -3.19. The summed E-state index contributed by atoms with van der Waals surface area (Å²) >= 11 is 0. The van der Waals surface area contributed by atoms with E-state index in [-0.39, 0.29) is 0 Å². The maximum absolute atomic E-state index is 3.53. The Morgan fingerprint density at radius 3 is 1.95 bits per heavy atom. The number of pyridine rings is 1. The second kappa shape index (κ2) is 18.3. The standard InChI is InChI=1S/C35H44N4S2/c1-28(10-6-7-11-30(3)36-4)26-31-13-17-33(18-14-31)37-21-24-40-41-25-22-38-34-19-15-32(16-20-34)27-29(2)35-12-8-9-23-39(35)5/h6-20,23,26-27,30,36-37H,21-22,24-25H2,1-5H3/p+1/b10-6+,11-7-,28-26+. The first-order valence-corrected chi connectivity index (χ1v) is 16.7. The number of nitrogens with zero attached hydrogens (tertiary/aromatic N) is 1. The summed E-state index contributed by atoms with van der Waals surface area (Å²) in [7, 11) is 7.88. The molecule has 216 valence electrons. The van der Waals surface area contributed by atoms with Crippen molar-refractivity contribution < 1.29 is 4.57 Å². The molecule has 0 bridgehead atoms. The minimum atomic E-state index is 0.384. The largest absolute Gasteiger partial charge is 0.384 e. The summed E-state index contributed by atoms with van der Waals surface area (Å²) in [5, 5.41) is 10.3. The van der Waals surface area contributed by atoms with Crippen molar-refractivity contribution in [1.29, 1.82) is 0 Å². The van der Waals surface area contributed by atoms with Crippen molar-refractivity contribution in [1.82, 2.24) is 5.32 Å². The Labute approximate surface area is 255 Å². The van der Waals surface area contributed by atoms with Crippen LogP contribution in [0.15, 0.2) is 103 Å². The summed E-state index contributed by atoms with van der Waals surface area (Å²) in [6, 6.07) is 24.0. The molecule has 3 N–H and O–H groups in total. The summed E-state index contributed by atoms with van der Waals surface area (Å²) in [4.78, 5) is 0. The van der Waals surface area contributed by atoms with E-state index in [0.717, 1.165) is 36.0 Å². The zero-order valence-corrected chi connectivity index (χ0v) is 26.7. The molecule has 0 saturated carbocycles. The molecular formula is C35H45N4S2+. The number of benzene rings is 2. The molecule has 0 aliphatic heterocycles. The Kier molecular flexibility index (Phi) is 14.4. The van der Waals surface area contributed by atoms with Gasteiger partial charge in [-0.25, -0.2) is 4.57 Å². The fraction of sp³-hybridized carbons (Fsp3) is 0.286. The van der Waals surface area contributed by atoms with Gasteiger partial charge >= 0.3 is 0 Å². The summed E-state index contributed by atoms with van der Waals surface area (Å²) < 4.78 is 2.15. The van der Waals surface area contributed by atoms with E-state index in [4.69, 9.17) is 0 Å². The van der Waals surface area contributed by atoms with Crippen molar-refractivity contribution in [2.45, 2.75) is 26.8 Å². The molecule has 0 saturated heterocycles. The molecule has 2 aromatic carbocycles. The highest BCUT2D eigenvalue weighted by Gasteiger charge is 2.06. The quantitative estimate of drug-likeness (QED) is 0.0686. The summed E-state index contributed by atoms with van der Waals surface area (Å²) in [6.07, 6.45) is 15.0. The van der Waals surface area contributed by atoms with Gasteiger partial charge in [-0.1, -0.05) is 81.8 Å². The van der Waals surface area contributed by atoms with Gasteiger partial charge in [0.1, 0.15) is 7.05 Å². The second-order valence-electron chi connectivity index (χ2n) is 9.98. The van der Waals surface area contributed by atoms with Crippen LogP contribution in [0.3, 0.4) is 0 Å². The molecule has 4 nitrogen and oxygen atoms in total. The molecule has 1 unspecified atom stereocenters. The maximum Gasteiger partial charge on any atom is 0.207 e. The van der Waals surface area contributed by atoms with Crippen molar-refractivity contribution in [2.75, 3.05) is 42.3 Å². The second-order valence-corrected chi connectivity index (χ2v) is 12.7. The maximum atomic E-state index is 3.53. The molecule has 1 heterocycles. The first-order valence-electron chi connectivity index (χ1n) is 14.2. The molecule has 6 heteroatoms. The van der Waals surface area contributed by atoms with E-state index in [0.29, 0.717) is 6.04 Å². The minimum absolute atomic E-state index is 0.384. The summed E-state index contributed by atoms with van der Waals surface area (Å²) in [6.45, 7) is 8.33. The van der Waals surface area contributed by atoms with Gasteiger partial charge < -0.3 is 16.0 Å². The number of allylic oxidation sites excluding steroid dienone is 5. The first-order chi connectivity index (χ1) is 19.9. The van der Waals surface area contributed by atoms with Crippen LogP contribution in [0.25, 0.3) is 17.7 Å². The van der Waals surface area contributed by atoms with Crippen LogP contribution in [0, 0.1) is 0 Å². The van der Waals surface area contributed by atoms with Crippen molar-refractivity contribution in [3.8, 4) is 0 Å². The van der Waals surface area contributed by atoms with E-state index < -0.39 is 0 Å². The highest BCUT2D eigenvalue weighted by molar-refractivity contribution is 8.76. The van der Waals surface area contributed by atoms with Crippen LogP contribution < -0.4 is 20.5 Å². The number of aryl methyl sites for hydroxylation is 1. The SMILES string of the molecule is CNC(C)\C=C/C=C/C(C)=C/c1ccc(NCCSSCCNc2ccc(/C=C(\C)c3cccc[n+]3C)cc2)cc1. The molecule has 3 rings (SSSR count). The molecule has 0 fully saturated rings. The Morgan fingerprint density at radius 1 is 0.805 bits per heavy atom. The summed E-state index contributed by atoms with van der Waals surface area (Å²) in [5.41, 5.74) is 8.46. The van der Waals surface area contributed by atoms with Gasteiger partial charge in [-0.05, 0) is 75.4 Å². The Balaban J connectivity index is 1.28. The molecule has 0 aliphatic carbocycles. The van der Waals surface area contributed by atoms with Gasteiger partial charge in [0.05, 0.1) is 0 Å². The highest BCUT2D eigenvalue weighted by atomic mass is 33.1. The highest BCUT2D eigenvalue weighted by Crippen LogP contribution is 2.22. The fourth-order valence-corrected chi connectivity index (χ4v) is 5.90. The molecule has 1 atom stereocenters. The topological polar surface area (TPSA) is 40.0 Å².